The zero-order valence-electron chi connectivity index (χ0n) is 30.2. The van der Waals surface area contributed by atoms with Crippen molar-refractivity contribution < 1.29 is 43.0 Å². The lowest BCUT2D eigenvalue weighted by atomic mass is 9.98. The van der Waals surface area contributed by atoms with Crippen LogP contribution in [0.25, 0.3) is 0 Å². The van der Waals surface area contributed by atoms with Crippen LogP contribution in [0.1, 0.15) is 81.9 Å². The summed E-state index contributed by atoms with van der Waals surface area (Å²) in [6.07, 6.45) is -1.23. The smallest absolute Gasteiger partial charge is 0.413 e. The Morgan fingerprint density at radius 2 is 1.41 bits per heavy atom. The number of amides is 4. The maximum absolute atomic E-state index is 13.5. The number of thiazole rings is 1. The van der Waals surface area contributed by atoms with E-state index in [0.29, 0.717) is 32.7 Å². The molecule has 1 aliphatic rings. The predicted molar refractivity (Wildman–Crippen MR) is 183 cm³/mol. The van der Waals surface area contributed by atoms with Crippen LogP contribution in [0.15, 0.2) is 10.5 Å². The lowest BCUT2D eigenvalue weighted by Gasteiger charge is -2.37. The Kier molecular flexibility index (Phi) is 14.3. The van der Waals surface area contributed by atoms with Crippen molar-refractivity contribution in [2.75, 3.05) is 38.0 Å². The van der Waals surface area contributed by atoms with E-state index < -0.39 is 64.5 Å². The first-order valence-electron chi connectivity index (χ1n) is 15.9. The summed E-state index contributed by atoms with van der Waals surface area (Å²) in [4.78, 5) is 72.5. The molecule has 1 aromatic heterocycles. The quantitative estimate of drug-likeness (QED) is 0.0384. The lowest BCUT2D eigenvalue weighted by molar-refractivity contribution is -0.179. The van der Waals surface area contributed by atoms with Crippen LogP contribution in [0.5, 0.6) is 0 Å². The second kappa shape index (κ2) is 17.1. The molecule has 0 aromatic carbocycles. The van der Waals surface area contributed by atoms with Gasteiger partial charge in [0.15, 0.2) is 10.8 Å². The van der Waals surface area contributed by atoms with Crippen LogP contribution in [0.2, 0.25) is 0 Å². The fourth-order valence-electron chi connectivity index (χ4n) is 3.75. The molecule has 1 aliphatic heterocycles. The molecule has 0 unspecified atom stereocenters. The number of ether oxygens (including phenoxy) is 3. The zero-order valence-corrected chi connectivity index (χ0v) is 31.1. The van der Waals surface area contributed by atoms with E-state index in [1.54, 1.807) is 62.3 Å². The Morgan fingerprint density at radius 3 is 2.00 bits per heavy atom. The summed E-state index contributed by atoms with van der Waals surface area (Å²) in [6.45, 7) is 20.9. The average molecular weight is 713 g/mol. The Labute approximate surface area is 291 Å². The molecule has 276 valence electrons. The van der Waals surface area contributed by atoms with Crippen molar-refractivity contribution in [3.63, 3.8) is 0 Å². The molecule has 0 spiro atoms. The van der Waals surface area contributed by atoms with Crippen LogP contribution in [0.4, 0.5) is 14.7 Å². The van der Waals surface area contributed by atoms with Gasteiger partial charge in [0.2, 0.25) is 11.5 Å². The number of β-lactam (4-membered cyclic amide) rings is 1. The normalized spacial score (nSPS) is 16.9. The molecule has 1 fully saturated rings. The van der Waals surface area contributed by atoms with Gasteiger partial charge in [-0.05, 0) is 76.2 Å². The maximum atomic E-state index is 13.5. The molecule has 4 amide bonds. The number of oxime groups is 1. The van der Waals surface area contributed by atoms with Gasteiger partial charge in [-0.2, -0.15) is 0 Å². The van der Waals surface area contributed by atoms with E-state index in [-0.39, 0.29) is 16.5 Å². The molecule has 0 saturated carbocycles. The molecular formula is C31H52N8O9S. The highest BCUT2D eigenvalue weighted by molar-refractivity contribution is 7.14. The Bertz CT molecular complexity index is 1360. The number of hydrogen-bond acceptors (Lipinski definition) is 14. The summed E-state index contributed by atoms with van der Waals surface area (Å²) in [5.41, 5.74) is -4.01. The third kappa shape index (κ3) is 15.4. The third-order valence-electron chi connectivity index (χ3n) is 5.94. The first-order valence-corrected chi connectivity index (χ1v) is 16.8. The molecule has 2 atom stereocenters. The summed E-state index contributed by atoms with van der Waals surface area (Å²) >= 11 is 1.01. The van der Waals surface area contributed by atoms with Crippen LogP contribution in [-0.4, -0.2) is 108 Å². The van der Waals surface area contributed by atoms with E-state index in [2.05, 4.69) is 42.0 Å². The SMILES string of the molecule is CC(C)(C)OC(=O)NCCNCCNC[C@H]1NC(=O)[C@H]1NC(=O)/C(=N/OC(C)(C)C(=O)OC(C)(C)C)c1csc(NC(=O)OC(C)(C)C)n1. The van der Waals surface area contributed by atoms with Crippen molar-refractivity contribution in [3.8, 4) is 0 Å². The molecule has 0 bridgehead atoms. The van der Waals surface area contributed by atoms with Crippen LogP contribution in [0.3, 0.4) is 0 Å². The van der Waals surface area contributed by atoms with Crippen molar-refractivity contribution in [3.05, 3.63) is 11.1 Å². The van der Waals surface area contributed by atoms with Gasteiger partial charge in [-0.25, -0.2) is 19.4 Å². The molecule has 0 aliphatic carbocycles. The van der Waals surface area contributed by atoms with Gasteiger partial charge >= 0.3 is 18.2 Å². The van der Waals surface area contributed by atoms with Crippen LogP contribution < -0.4 is 31.9 Å². The first-order chi connectivity index (χ1) is 22.5. The minimum atomic E-state index is -1.59. The lowest BCUT2D eigenvalue weighted by Crippen LogP contribution is -2.72. The van der Waals surface area contributed by atoms with E-state index >= 15 is 0 Å². The Balaban J connectivity index is 2.03. The molecule has 17 nitrogen and oxygen atoms in total. The number of hydrogen-bond donors (Lipinski definition) is 6. The summed E-state index contributed by atoms with van der Waals surface area (Å²) in [7, 11) is 0. The second-order valence-corrected chi connectivity index (χ2v) is 15.5. The van der Waals surface area contributed by atoms with Crippen molar-refractivity contribution in [1.82, 2.24) is 31.6 Å². The van der Waals surface area contributed by atoms with Gasteiger partial charge in [-0.3, -0.25) is 14.9 Å². The number of rotatable bonds is 15. The van der Waals surface area contributed by atoms with Gasteiger partial charge in [0.1, 0.15) is 28.5 Å². The summed E-state index contributed by atoms with van der Waals surface area (Å²) in [6, 6.07) is -1.32. The monoisotopic (exact) mass is 712 g/mol. The van der Waals surface area contributed by atoms with Gasteiger partial charge in [0.25, 0.3) is 5.91 Å². The fraction of sp³-hybridized carbons (Fsp3) is 0.710. The van der Waals surface area contributed by atoms with Crippen LogP contribution >= 0.6 is 11.3 Å². The number of carbonyl (C=O) groups is 5. The standard InChI is InChI=1S/C31H52N8O9S/c1-28(2,3)45-24(42)31(10,11)48-39-21(19-17-49-25(36-19)38-27(44)47-30(7,8)9)23(41)37-20-18(35-22(20)40)16-33-13-12-32-14-15-34-26(43)46-29(4,5)6/h17-18,20,32-33H,12-16H2,1-11H3,(H,34,43)(H,35,40)(H,37,41)(H,36,38,44)/b39-21+/t18-,20+/m1/s1. The number of esters is 1. The van der Waals surface area contributed by atoms with E-state index in [0.717, 1.165) is 11.3 Å². The van der Waals surface area contributed by atoms with E-state index in [1.165, 1.54) is 19.2 Å². The number of anilines is 1. The Morgan fingerprint density at radius 1 is 0.837 bits per heavy atom. The van der Waals surface area contributed by atoms with Crippen LogP contribution in [-0.2, 0) is 33.4 Å². The molecular weight excluding hydrogens is 660 g/mol. The molecule has 1 aromatic rings. The zero-order chi connectivity index (χ0) is 37.2. The molecule has 2 heterocycles. The predicted octanol–water partition coefficient (Wildman–Crippen LogP) is 2.02. The molecule has 18 heteroatoms. The van der Waals surface area contributed by atoms with Gasteiger partial charge < -0.3 is 45.6 Å². The average Bonchev–Trinajstić information content (AvgIpc) is 3.37. The number of aromatic nitrogens is 1. The van der Waals surface area contributed by atoms with Crippen molar-refractivity contribution >= 4 is 52.2 Å². The minimum Gasteiger partial charge on any atom is -0.457 e. The number of nitrogens with zero attached hydrogens (tertiary/aromatic N) is 2. The molecule has 49 heavy (non-hydrogen) atoms. The van der Waals surface area contributed by atoms with Gasteiger partial charge in [-0.15, -0.1) is 11.3 Å². The molecule has 6 N–H and O–H groups in total. The molecule has 1 saturated heterocycles. The van der Waals surface area contributed by atoms with E-state index in [1.807, 2.05) is 0 Å². The van der Waals surface area contributed by atoms with Crippen LogP contribution in [0, 0.1) is 0 Å². The van der Waals surface area contributed by atoms with E-state index in [9.17, 15) is 24.0 Å². The van der Waals surface area contributed by atoms with Gasteiger partial charge in [0.05, 0.1) is 6.04 Å². The van der Waals surface area contributed by atoms with Gasteiger partial charge in [-0.1, -0.05) is 5.16 Å². The molecule has 2 rings (SSSR count). The fourth-order valence-corrected chi connectivity index (χ4v) is 4.43. The number of alkyl carbamates (subject to hydrolysis) is 1. The summed E-state index contributed by atoms with van der Waals surface area (Å²) in [5.74, 6) is -1.91. The Hall–Kier alpha value is -4.03. The minimum absolute atomic E-state index is 0.0233. The number of carbonyl (C=O) groups excluding carboxylic acids is 5. The van der Waals surface area contributed by atoms with Crippen molar-refractivity contribution in [2.45, 2.75) is 111 Å². The first kappa shape index (κ1) is 41.1. The highest BCUT2D eigenvalue weighted by atomic mass is 32.1. The second-order valence-electron chi connectivity index (χ2n) is 14.7. The maximum Gasteiger partial charge on any atom is 0.413 e. The van der Waals surface area contributed by atoms with Crippen molar-refractivity contribution in [1.29, 1.82) is 0 Å². The largest absolute Gasteiger partial charge is 0.457 e. The topological polar surface area (TPSA) is 220 Å². The molecule has 0 radical (unpaired) electrons. The summed E-state index contributed by atoms with van der Waals surface area (Å²) in [5, 5.41) is 22.5. The highest BCUT2D eigenvalue weighted by Gasteiger charge is 2.41. The highest BCUT2D eigenvalue weighted by Crippen LogP contribution is 2.21. The summed E-state index contributed by atoms with van der Waals surface area (Å²) < 4.78 is 15.9. The van der Waals surface area contributed by atoms with E-state index in [4.69, 9.17) is 19.0 Å². The third-order valence-corrected chi connectivity index (χ3v) is 6.69. The van der Waals surface area contributed by atoms with Gasteiger partial charge in [0, 0.05) is 38.1 Å². The number of nitrogens with one attached hydrogen (secondary N) is 6. The van der Waals surface area contributed by atoms with Crippen molar-refractivity contribution in [2.24, 2.45) is 5.16 Å².